The van der Waals surface area contributed by atoms with E-state index < -0.39 is 0 Å². The Balaban J connectivity index is 1.67. The zero-order valence-corrected chi connectivity index (χ0v) is 13.3. The topological polar surface area (TPSA) is 0 Å². The molecule has 0 N–H and O–H groups in total. The summed E-state index contributed by atoms with van der Waals surface area (Å²) in [5.41, 5.74) is 2.36. The second-order valence-electron chi connectivity index (χ2n) is 8.18. The van der Waals surface area contributed by atoms with Gasteiger partial charge in [-0.25, -0.2) is 0 Å². The average Bonchev–Trinajstić information content (AvgIpc) is 2.83. The van der Waals surface area contributed by atoms with Crippen molar-refractivity contribution in [2.75, 3.05) is 0 Å². The van der Waals surface area contributed by atoms with Crippen LogP contribution in [0.4, 0.5) is 0 Å². The Hall–Kier alpha value is -0.520. The van der Waals surface area contributed by atoms with Crippen molar-refractivity contribution in [1.82, 2.24) is 0 Å². The molecule has 110 valence electrons. The predicted octanol–water partition coefficient (Wildman–Crippen LogP) is 5.75. The molecule has 4 aliphatic carbocycles. The second-order valence-corrected chi connectivity index (χ2v) is 8.18. The van der Waals surface area contributed by atoms with Gasteiger partial charge in [-0.1, -0.05) is 38.5 Å². The van der Waals surface area contributed by atoms with E-state index in [0.29, 0.717) is 5.41 Å². The van der Waals surface area contributed by atoms with Crippen LogP contribution in [0.15, 0.2) is 23.8 Å². The van der Waals surface area contributed by atoms with Crippen LogP contribution < -0.4 is 0 Å². The van der Waals surface area contributed by atoms with Gasteiger partial charge in [0, 0.05) is 0 Å². The monoisotopic (exact) mass is 270 g/mol. The van der Waals surface area contributed by atoms with Crippen molar-refractivity contribution in [3.63, 3.8) is 0 Å². The molecule has 0 bridgehead atoms. The molecule has 6 atom stereocenters. The largest absolute Gasteiger partial charge is 0.0810 e. The first kappa shape index (κ1) is 13.2. The highest BCUT2D eigenvalue weighted by Gasteiger charge is 2.54. The molecule has 2 fully saturated rings. The zero-order chi connectivity index (χ0) is 13.7. The summed E-state index contributed by atoms with van der Waals surface area (Å²) in [4.78, 5) is 0. The molecule has 0 aromatic carbocycles. The number of hydrogen-bond acceptors (Lipinski definition) is 0. The SMILES string of the molecule is CC[C@H]1CC[C@H]2[C@@H]3C=CC4=CCCC[C@@H]4[C@H]3CC[C@]12C. The lowest BCUT2D eigenvalue weighted by atomic mass is 9.53. The molecule has 4 rings (SSSR count). The lowest BCUT2D eigenvalue weighted by molar-refractivity contribution is 0.0117. The first-order valence-electron chi connectivity index (χ1n) is 9.12. The second kappa shape index (κ2) is 4.75. The van der Waals surface area contributed by atoms with Crippen molar-refractivity contribution in [1.29, 1.82) is 0 Å². The van der Waals surface area contributed by atoms with Crippen LogP contribution in [0.1, 0.15) is 65.2 Å². The summed E-state index contributed by atoms with van der Waals surface area (Å²) in [7, 11) is 0. The molecule has 0 radical (unpaired) electrons. The maximum absolute atomic E-state index is 2.64. The molecule has 4 aliphatic rings. The van der Waals surface area contributed by atoms with E-state index in [1.165, 1.54) is 51.4 Å². The highest BCUT2D eigenvalue weighted by atomic mass is 14.6. The molecule has 0 aromatic rings. The summed E-state index contributed by atoms with van der Waals surface area (Å²) in [5, 5.41) is 0. The fraction of sp³-hybridized carbons (Fsp3) is 0.800. The summed E-state index contributed by atoms with van der Waals surface area (Å²) in [6, 6.07) is 0. The molecule has 0 spiro atoms. The molecule has 0 nitrogen and oxygen atoms in total. The van der Waals surface area contributed by atoms with Gasteiger partial charge < -0.3 is 0 Å². The molecule has 0 amide bonds. The van der Waals surface area contributed by atoms with Gasteiger partial charge in [-0.15, -0.1) is 0 Å². The first-order valence-corrected chi connectivity index (χ1v) is 9.12. The number of fused-ring (bicyclic) bond motifs is 5. The van der Waals surface area contributed by atoms with Gasteiger partial charge in [-0.05, 0) is 85.5 Å². The van der Waals surface area contributed by atoms with E-state index in [2.05, 4.69) is 32.1 Å². The van der Waals surface area contributed by atoms with E-state index in [0.717, 1.165) is 29.6 Å². The summed E-state index contributed by atoms with van der Waals surface area (Å²) in [6.45, 7) is 5.05. The van der Waals surface area contributed by atoms with E-state index in [-0.39, 0.29) is 0 Å². The molecule has 0 aliphatic heterocycles. The van der Waals surface area contributed by atoms with Crippen LogP contribution in [0.5, 0.6) is 0 Å². The number of allylic oxidation sites excluding steroid dienone is 4. The van der Waals surface area contributed by atoms with Crippen molar-refractivity contribution < 1.29 is 0 Å². The van der Waals surface area contributed by atoms with Crippen molar-refractivity contribution in [3.05, 3.63) is 23.8 Å². The van der Waals surface area contributed by atoms with Crippen molar-refractivity contribution in [2.45, 2.75) is 65.2 Å². The highest BCUT2D eigenvalue weighted by Crippen LogP contribution is 2.62. The third kappa shape index (κ3) is 1.72. The lowest BCUT2D eigenvalue weighted by Gasteiger charge is -2.52. The van der Waals surface area contributed by atoms with E-state index >= 15 is 0 Å². The Bertz CT molecular complexity index is 443. The predicted molar refractivity (Wildman–Crippen MR) is 85.4 cm³/mol. The Labute approximate surface area is 124 Å². The Morgan fingerprint density at radius 1 is 1.20 bits per heavy atom. The van der Waals surface area contributed by atoms with E-state index in [1.807, 2.05) is 0 Å². The smallest absolute Gasteiger partial charge is 0.0131 e. The van der Waals surface area contributed by atoms with Gasteiger partial charge in [0.1, 0.15) is 0 Å². The molecule has 0 aromatic heterocycles. The van der Waals surface area contributed by atoms with Crippen LogP contribution in [0.3, 0.4) is 0 Å². The highest BCUT2D eigenvalue weighted by molar-refractivity contribution is 5.30. The van der Waals surface area contributed by atoms with Gasteiger partial charge in [-0.2, -0.15) is 0 Å². The first-order chi connectivity index (χ1) is 9.74. The van der Waals surface area contributed by atoms with Crippen molar-refractivity contribution >= 4 is 0 Å². The fourth-order valence-electron chi connectivity index (χ4n) is 6.55. The van der Waals surface area contributed by atoms with Crippen LogP contribution in [0, 0.1) is 35.0 Å². The fourth-order valence-corrected chi connectivity index (χ4v) is 6.55. The average molecular weight is 270 g/mol. The van der Waals surface area contributed by atoms with Crippen LogP contribution in [0.2, 0.25) is 0 Å². The maximum Gasteiger partial charge on any atom is -0.0131 e. The molecular weight excluding hydrogens is 240 g/mol. The molecule has 0 unspecified atom stereocenters. The summed E-state index contributed by atoms with van der Waals surface area (Å²) in [5.74, 6) is 4.81. The van der Waals surface area contributed by atoms with E-state index in [1.54, 1.807) is 5.57 Å². The summed E-state index contributed by atoms with van der Waals surface area (Å²) in [6.07, 6.45) is 19.4. The van der Waals surface area contributed by atoms with Gasteiger partial charge in [0.2, 0.25) is 0 Å². The number of rotatable bonds is 1. The van der Waals surface area contributed by atoms with Crippen molar-refractivity contribution in [3.8, 4) is 0 Å². The standard InChI is InChI=1S/C20H30/c1-3-15-9-11-19-18-10-8-14-6-4-5-7-16(14)17(18)12-13-20(15,19)2/h6,8,10,15-19H,3-5,7,9,11-13H2,1-2H3/t15-,16-,17+,18+,19-,20+/m0/s1. The Morgan fingerprint density at radius 3 is 2.95 bits per heavy atom. The maximum atomic E-state index is 2.64. The third-order valence-electron chi connectivity index (χ3n) is 7.63. The molecular formula is C20H30. The van der Waals surface area contributed by atoms with Crippen LogP contribution in [-0.2, 0) is 0 Å². The molecule has 0 heterocycles. The Kier molecular flexibility index (Phi) is 3.13. The quantitative estimate of drug-likeness (QED) is 0.569. The molecule has 0 heteroatoms. The van der Waals surface area contributed by atoms with Gasteiger partial charge in [0.05, 0.1) is 0 Å². The number of hydrogen-bond donors (Lipinski definition) is 0. The zero-order valence-electron chi connectivity index (χ0n) is 13.3. The van der Waals surface area contributed by atoms with Crippen LogP contribution >= 0.6 is 0 Å². The van der Waals surface area contributed by atoms with Crippen molar-refractivity contribution in [2.24, 2.45) is 35.0 Å². The normalized spacial score (nSPS) is 50.1. The van der Waals surface area contributed by atoms with E-state index in [4.69, 9.17) is 0 Å². The van der Waals surface area contributed by atoms with Gasteiger partial charge in [0.25, 0.3) is 0 Å². The minimum Gasteiger partial charge on any atom is -0.0810 e. The van der Waals surface area contributed by atoms with Crippen LogP contribution in [0.25, 0.3) is 0 Å². The van der Waals surface area contributed by atoms with Gasteiger partial charge in [-0.3, -0.25) is 0 Å². The molecule has 20 heavy (non-hydrogen) atoms. The summed E-state index contributed by atoms with van der Waals surface area (Å²) >= 11 is 0. The van der Waals surface area contributed by atoms with E-state index in [9.17, 15) is 0 Å². The molecule has 0 saturated heterocycles. The summed E-state index contributed by atoms with van der Waals surface area (Å²) < 4.78 is 0. The van der Waals surface area contributed by atoms with Crippen LogP contribution in [-0.4, -0.2) is 0 Å². The van der Waals surface area contributed by atoms with Gasteiger partial charge >= 0.3 is 0 Å². The Morgan fingerprint density at radius 2 is 2.10 bits per heavy atom. The molecule has 2 saturated carbocycles. The third-order valence-corrected chi connectivity index (χ3v) is 7.63. The van der Waals surface area contributed by atoms with Gasteiger partial charge in [0.15, 0.2) is 0 Å². The minimum atomic E-state index is 0.663. The lowest BCUT2D eigenvalue weighted by Crippen LogP contribution is -2.44. The minimum absolute atomic E-state index is 0.663.